The Balaban J connectivity index is 2.21. The lowest BCUT2D eigenvalue weighted by atomic mass is 10.1. The summed E-state index contributed by atoms with van der Waals surface area (Å²) in [6.07, 6.45) is 0. The van der Waals surface area contributed by atoms with E-state index >= 15 is 0 Å². The molecule has 0 spiro atoms. The molecule has 0 aliphatic rings. The van der Waals surface area contributed by atoms with E-state index in [1.807, 2.05) is 43.3 Å². The van der Waals surface area contributed by atoms with E-state index in [9.17, 15) is 8.96 Å². The second-order valence-corrected chi connectivity index (χ2v) is 8.42. The number of aryl methyl sites for hydroxylation is 1. The molecular weight excluding hydrogens is 376 g/mol. The normalized spacial score (nSPS) is 11.7. The number of benzene rings is 2. The van der Waals surface area contributed by atoms with Gasteiger partial charge in [0, 0.05) is 12.2 Å². The van der Waals surface area contributed by atoms with Crippen molar-refractivity contribution >= 4 is 12.9 Å². The summed E-state index contributed by atoms with van der Waals surface area (Å²) >= 11 is 0. The molecule has 0 bridgehead atoms. The zero-order chi connectivity index (χ0) is 20.1. The fourth-order valence-electron chi connectivity index (χ4n) is 3.27. The van der Waals surface area contributed by atoms with Gasteiger partial charge in [-0.25, -0.2) is 4.39 Å². The largest absolute Gasteiger partial charge is 0.363 e. The van der Waals surface area contributed by atoms with Gasteiger partial charge >= 0.3 is 7.60 Å². The average Bonchev–Trinajstić information content (AvgIpc) is 3.01. The average molecular weight is 401 g/mol. The molecule has 3 aromatic rings. The molecule has 0 radical (unpaired) electrons. The minimum absolute atomic E-state index is 0.267. The van der Waals surface area contributed by atoms with Gasteiger partial charge in [0.15, 0.2) is 0 Å². The summed E-state index contributed by atoms with van der Waals surface area (Å²) in [6, 6.07) is 18.1. The lowest BCUT2D eigenvalue weighted by molar-refractivity contribution is 0.230. The molecule has 1 heterocycles. The third-order valence-corrected chi connectivity index (χ3v) is 6.61. The molecule has 0 fully saturated rings. The maximum absolute atomic E-state index is 13.6. The molecule has 28 heavy (non-hydrogen) atoms. The van der Waals surface area contributed by atoms with Crippen molar-refractivity contribution in [2.75, 3.05) is 13.2 Å². The van der Waals surface area contributed by atoms with Crippen molar-refractivity contribution in [1.29, 1.82) is 0 Å². The third kappa shape index (κ3) is 4.27. The first kappa shape index (κ1) is 20.5. The lowest BCUT2D eigenvalue weighted by Gasteiger charge is -2.19. The van der Waals surface area contributed by atoms with Crippen molar-refractivity contribution in [2.45, 2.75) is 27.3 Å². The first-order valence-electron chi connectivity index (χ1n) is 9.38. The van der Waals surface area contributed by atoms with E-state index in [1.54, 1.807) is 26.0 Å². The Hall–Kier alpha value is -2.20. The molecule has 0 aliphatic carbocycles. The highest BCUT2D eigenvalue weighted by Gasteiger charge is 2.33. The Morgan fingerprint density at radius 1 is 0.964 bits per heavy atom. The predicted octanol–water partition coefficient (Wildman–Crippen LogP) is 5.54. The zero-order valence-electron chi connectivity index (χ0n) is 16.4. The molecule has 0 saturated carbocycles. The zero-order valence-corrected chi connectivity index (χ0v) is 17.3. The minimum Gasteiger partial charge on any atom is -0.340 e. The lowest BCUT2D eigenvalue weighted by Crippen LogP contribution is -2.14. The van der Waals surface area contributed by atoms with Crippen LogP contribution in [-0.4, -0.2) is 17.8 Å². The number of hydrogen-bond acceptors (Lipinski definition) is 3. The van der Waals surface area contributed by atoms with Crippen LogP contribution in [0, 0.1) is 12.7 Å². The van der Waals surface area contributed by atoms with Crippen LogP contribution in [0.25, 0.3) is 11.3 Å². The van der Waals surface area contributed by atoms with Crippen LogP contribution in [-0.2, 0) is 20.2 Å². The van der Waals surface area contributed by atoms with Gasteiger partial charge in [-0.1, -0.05) is 30.3 Å². The summed E-state index contributed by atoms with van der Waals surface area (Å²) < 4.78 is 40.4. The van der Waals surface area contributed by atoms with E-state index in [2.05, 4.69) is 4.57 Å². The SMILES string of the molecule is CCOP(=O)(OCC)c1cc(C)n(Cc2ccccc2)c1-c1ccc(F)cc1. The van der Waals surface area contributed by atoms with Gasteiger partial charge in [-0.05, 0) is 62.2 Å². The number of rotatable bonds is 8. The van der Waals surface area contributed by atoms with Crippen LogP contribution < -0.4 is 5.30 Å². The minimum atomic E-state index is -3.51. The molecule has 4 nitrogen and oxygen atoms in total. The second-order valence-electron chi connectivity index (χ2n) is 6.43. The third-order valence-electron chi connectivity index (χ3n) is 4.48. The van der Waals surface area contributed by atoms with Crippen molar-refractivity contribution in [1.82, 2.24) is 4.57 Å². The molecule has 0 atom stereocenters. The van der Waals surface area contributed by atoms with Crippen LogP contribution in [0.2, 0.25) is 0 Å². The van der Waals surface area contributed by atoms with Crippen LogP contribution in [0.1, 0.15) is 25.1 Å². The van der Waals surface area contributed by atoms with Crippen LogP contribution in [0.5, 0.6) is 0 Å². The van der Waals surface area contributed by atoms with Gasteiger partial charge in [0.2, 0.25) is 0 Å². The van der Waals surface area contributed by atoms with E-state index < -0.39 is 7.60 Å². The Morgan fingerprint density at radius 2 is 1.57 bits per heavy atom. The molecule has 148 valence electrons. The fraction of sp³-hybridized carbons (Fsp3) is 0.273. The van der Waals surface area contributed by atoms with E-state index in [-0.39, 0.29) is 19.0 Å². The molecule has 0 amide bonds. The monoisotopic (exact) mass is 401 g/mol. The maximum atomic E-state index is 13.6. The van der Waals surface area contributed by atoms with Gasteiger partial charge in [0.1, 0.15) is 5.82 Å². The van der Waals surface area contributed by atoms with Crippen LogP contribution in [0.15, 0.2) is 60.7 Å². The van der Waals surface area contributed by atoms with Crippen molar-refractivity contribution in [3.8, 4) is 11.3 Å². The fourth-order valence-corrected chi connectivity index (χ4v) is 5.15. The maximum Gasteiger partial charge on any atom is 0.363 e. The number of nitrogens with zero attached hydrogens (tertiary/aromatic N) is 1. The molecular formula is C22H25FNO3P. The van der Waals surface area contributed by atoms with Gasteiger partial charge in [0.25, 0.3) is 0 Å². The summed E-state index contributed by atoms with van der Waals surface area (Å²) in [5, 5.41) is 0.510. The van der Waals surface area contributed by atoms with Gasteiger partial charge in [-0.3, -0.25) is 4.57 Å². The van der Waals surface area contributed by atoms with Gasteiger partial charge in [-0.15, -0.1) is 0 Å². The standard InChI is InChI=1S/C22H25FNO3P/c1-4-26-28(25,27-5-2)21-15-17(3)24(16-18-9-7-6-8-10-18)22(21)19-11-13-20(23)14-12-19/h6-15H,4-5,16H2,1-3H3. The first-order chi connectivity index (χ1) is 13.5. The highest BCUT2D eigenvalue weighted by atomic mass is 31.2. The molecule has 0 N–H and O–H groups in total. The predicted molar refractivity (Wildman–Crippen MR) is 111 cm³/mol. The molecule has 1 aromatic heterocycles. The first-order valence-corrected chi connectivity index (χ1v) is 10.9. The quantitative estimate of drug-likeness (QED) is 0.465. The smallest absolute Gasteiger partial charge is 0.340 e. The summed E-state index contributed by atoms with van der Waals surface area (Å²) in [5.41, 5.74) is 3.53. The second kappa shape index (κ2) is 8.87. The molecule has 0 saturated heterocycles. The van der Waals surface area contributed by atoms with Gasteiger partial charge < -0.3 is 13.6 Å². The van der Waals surface area contributed by atoms with E-state index in [4.69, 9.17) is 9.05 Å². The highest BCUT2D eigenvalue weighted by molar-refractivity contribution is 7.62. The van der Waals surface area contributed by atoms with Gasteiger partial charge in [-0.2, -0.15) is 0 Å². The van der Waals surface area contributed by atoms with Gasteiger partial charge in [0.05, 0.1) is 24.2 Å². The van der Waals surface area contributed by atoms with Crippen molar-refractivity contribution < 1.29 is 18.0 Å². The molecule has 0 aliphatic heterocycles. The summed E-state index contributed by atoms with van der Waals surface area (Å²) in [7, 11) is -3.51. The number of hydrogen-bond donors (Lipinski definition) is 0. The van der Waals surface area contributed by atoms with Crippen molar-refractivity contribution in [2.24, 2.45) is 0 Å². The van der Waals surface area contributed by atoms with E-state index in [0.29, 0.717) is 11.8 Å². The summed E-state index contributed by atoms with van der Waals surface area (Å²) in [6.45, 7) is 6.67. The Bertz CT molecular complexity index is 957. The highest BCUT2D eigenvalue weighted by Crippen LogP contribution is 2.50. The number of halogens is 1. The topological polar surface area (TPSA) is 40.5 Å². The van der Waals surface area contributed by atoms with Crippen LogP contribution in [0.4, 0.5) is 4.39 Å². The van der Waals surface area contributed by atoms with E-state index in [1.165, 1.54) is 12.1 Å². The number of aromatic nitrogens is 1. The van der Waals surface area contributed by atoms with Crippen molar-refractivity contribution in [3.63, 3.8) is 0 Å². The summed E-state index contributed by atoms with van der Waals surface area (Å²) in [4.78, 5) is 0. The van der Waals surface area contributed by atoms with Crippen LogP contribution in [0.3, 0.4) is 0 Å². The Morgan fingerprint density at radius 3 is 2.14 bits per heavy atom. The van der Waals surface area contributed by atoms with E-state index in [0.717, 1.165) is 22.5 Å². The molecule has 0 unspecified atom stereocenters. The molecule has 3 rings (SSSR count). The van der Waals surface area contributed by atoms with Crippen molar-refractivity contribution in [3.05, 3.63) is 77.7 Å². The molecule has 2 aromatic carbocycles. The Kier molecular flexibility index (Phi) is 6.50. The molecule has 6 heteroatoms. The summed E-state index contributed by atoms with van der Waals surface area (Å²) in [5.74, 6) is -0.319. The van der Waals surface area contributed by atoms with Crippen LogP contribution >= 0.6 is 7.60 Å². The Labute approximate surface area is 165 Å².